The first kappa shape index (κ1) is 12.9. The van der Waals surface area contributed by atoms with Crippen LogP contribution in [0.3, 0.4) is 0 Å². The number of rotatable bonds is 3. The summed E-state index contributed by atoms with van der Waals surface area (Å²) in [5.74, 6) is 1.20. The Hall–Kier alpha value is -1.81. The highest BCUT2D eigenvalue weighted by atomic mass is 15.2. The van der Waals surface area contributed by atoms with Gasteiger partial charge in [0.1, 0.15) is 22.9 Å². The van der Waals surface area contributed by atoms with Gasteiger partial charge in [0.2, 0.25) is 0 Å². The van der Waals surface area contributed by atoms with Gasteiger partial charge in [0, 0.05) is 6.54 Å². The average molecular weight is 283 g/mol. The summed E-state index contributed by atoms with van der Waals surface area (Å²) in [6.07, 6.45) is 6.31. The standard InChI is InChI=1S/C17H22N4/c1-14-13-21-16-8-4-3-7-15(16)20(17(21)18-14)12-11-19-9-5-2-6-10-19/h3-4,7-8,13H,2,5-6,9-12H2,1H3/p+1. The molecule has 0 saturated carbocycles. The van der Waals surface area contributed by atoms with Crippen LogP contribution in [0.25, 0.3) is 16.8 Å². The Balaban J connectivity index is 1.71. The van der Waals surface area contributed by atoms with Gasteiger partial charge in [0.15, 0.2) is 0 Å². The van der Waals surface area contributed by atoms with Crippen LogP contribution < -0.4 is 4.57 Å². The van der Waals surface area contributed by atoms with Crippen LogP contribution in [0.15, 0.2) is 30.5 Å². The summed E-state index contributed by atoms with van der Waals surface area (Å²) >= 11 is 0. The quantitative estimate of drug-likeness (QED) is 0.735. The van der Waals surface area contributed by atoms with E-state index in [4.69, 9.17) is 0 Å². The lowest BCUT2D eigenvalue weighted by molar-refractivity contribution is -0.647. The van der Waals surface area contributed by atoms with Gasteiger partial charge in [-0.1, -0.05) is 18.6 Å². The minimum atomic E-state index is 1.05. The molecule has 21 heavy (non-hydrogen) atoms. The fraction of sp³-hybridized carbons (Fsp3) is 0.471. The monoisotopic (exact) mass is 283 g/mol. The van der Waals surface area contributed by atoms with Crippen molar-refractivity contribution >= 4 is 16.8 Å². The molecule has 1 saturated heterocycles. The third-order valence-electron chi connectivity index (χ3n) is 4.64. The molecule has 0 unspecified atom stereocenters. The van der Waals surface area contributed by atoms with E-state index in [0.29, 0.717) is 0 Å². The number of imidazole rings is 2. The lowest BCUT2D eigenvalue weighted by atomic mass is 10.1. The Labute approximate surface area is 125 Å². The number of aryl methyl sites for hydroxylation is 1. The van der Waals surface area contributed by atoms with Crippen LogP contribution in [0, 0.1) is 6.92 Å². The van der Waals surface area contributed by atoms with Crippen LogP contribution in [-0.4, -0.2) is 33.9 Å². The molecule has 3 aromatic rings. The third-order valence-corrected chi connectivity index (χ3v) is 4.64. The summed E-state index contributed by atoms with van der Waals surface area (Å²) < 4.78 is 4.71. The highest BCUT2D eigenvalue weighted by Gasteiger charge is 2.20. The Morgan fingerprint density at radius 1 is 1.14 bits per heavy atom. The van der Waals surface area contributed by atoms with Gasteiger partial charge in [-0.2, -0.15) is 4.40 Å². The van der Waals surface area contributed by atoms with Crippen molar-refractivity contribution in [2.24, 2.45) is 0 Å². The highest BCUT2D eigenvalue weighted by molar-refractivity contribution is 5.74. The maximum absolute atomic E-state index is 3.51. The van der Waals surface area contributed by atoms with Crippen molar-refractivity contribution < 1.29 is 4.57 Å². The van der Waals surface area contributed by atoms with E-state index >= 15 is 0 Å². The number of para-hydroxylation sites is 2. The molecule has 4 nitrogen and oxygen atoms in total. The number of fused-ring (bicyclic) bond motifs is 3. The second-order valence-corrected chi connectivity index (χ2v) is 6.17. The number of hydrogen-bond acceptors (Lipinski definition) is 1. The van der Waals surface area contributed by atoms with Crippen LogP contribution in [0.2, 0.25) is 0 Å². The second-order valence-electron chi connectivity index (χ2n) is 6.17. The van der Waals surface area contributed by atoms with Crippen LogP contribution in [0.1, 0.15) is 25.0 Å². The number of H-pyrrole nitrogens is 1. The first-order valence-corrected chi connectivity index (χ1v) is 8.03. The normalized spacial score (nSPS) is 17.0. The van der Waals surface area contributed by atoms with Gasteiger partial charge in [0.05, 0.1) is 6.54 Å². The van der Waals surface area contributed by atoms with E-state index in [0.717, 1.165) is 13.1 Å². The van der Waals surface area contributed by atoms with Gasteiger partial charge < -0.3 is 4.90 Å². The minimum Gasteiger partial charge on any atom is -0.300 e. The SMILES string of the molecule is Cc1cn2c3ccccc3[n+](CCN3CCCCC3)c2[nH]1. The number of aromatic nitrogens is 3. The number of nitrogens with zero attached hydrogens (tertiary/aromatic N) is 3. The van der Waals surface area contributed by atoms with Gasteiger partial charge >= 0.3 is 5.78 Å². The highest BCUT2D eigenvalue weighted by Crippen LogP contribution is 2.15. The first-order valence-electron chi connectivity index (χ1n) is 8.03. The van der Waals surface area contributed by atoms with Crippen LogP contribution >= 0.6 is 0 Å². The number of piperidine rings is 1. The maximum atomic E-state index is 3.51. The Morgan fingerprint density at radius 2 is 1.95 bits per heavy atom. The molecule has 2 aromatic heterocycles. The summed E-state index contributed by atoms with van der Waals surface area (Å²) in [5, 5.41) is 0. The second kappa shape index (κ2) is 5.19. The molecular formula is C17H23N4+. The zero-order valence-electron chi connectivity index (χ0n) is 12.7. The molecule has 4 heteroatoms. The summed E-state index contributed by atoms with van der Waals surface area (Å²) in [6.45, 7) is 6.85. The number of likely N-dealkylation sites (tertiary alicyclic amines) is 1. The maximum Gasteiger partial charge on any atom is 0.367 e. The van der Waals surface area contributed by atoms with Crippen molar-refractivity contribution in [1.82, 2.24) is 14.3 Å². The van der Waals surface area contributed by atoms with E-state index in [-0.39, 0.29) is 0 Å². The van der Waals surface area contributed by atoms with E-state index < -0.39 is 0 Å². The first-order chi connectivity index (χ1) is 10.3. The summed E-state index contributed by atoms with van der Waals surface area (Å²) in [4.78, 5) is 6.11. The average Bonchev–Trinajstić information content (AvgIpc) is 3.02. The Morgan fingerprint density at radius 3 is 2.81 bits per heavy atom. The van der Waals surface area contributed by atoms with Gasteiger partial charge in [-0.05, 0) is 45.0 Å². The molecule has 1 aliphatic heterocycles. The van der Waals surface area contributed by atoms with Crippen molar-refractivity contribution in [2.45, 2.75) is 32.7 Å². The number of benzene rings is 1. The largest absolute Gasteiger partial charge is 0.367 e. The Kier molecular flexibility index (Phi) is 3.19. The van der Waals surface area contributed by atoms with Crippen molar-refractivity contribution in [2.75, 3.05) is 19.6 Å². The third kappa shape index (κ3) is 2.23. The number of aromatic amines is 1. The van der Waals surface area contributed by atoms with Gasteiger partial charge in [-0.25, -0.2) is 9.55 Å². The molecule has 1 aromatic carbocycles. The van der Waals surface area contributed by atoms with Gasteiger partial charge in [-0.15, -0.1) is 0 Å². The molecule has 0 aliphatic carbocycles. The van der Waals surface area contributed by atoms with E-state index in [1.165, 1.54) is 54.9 Å². The predicted octanol–water partition coefficient (Wildman–Crippen LogP) is 2.50. The minimum absolute atomic E-state index is 1.05. The van der Waals surface area contributed by atoms with Gasteiger partial charge in [-0.3, -0.25) is 0 Å². The van der Waals surface area contributed by atoms with E-state index in [9.17, 15) is 0 Å². The van der Waals surface area contributed by atoms with Crippen molar-refractivity contribution in [3.63, 3.8) is 0 Å². The lowest BCUT2D eigenvalue weighted by Crippen LogP contribution is -2.42. The molecule has 0 amide bonds. The molecule has 0 atom stereocenters. The zero-order chi connectivity index (χ0) is 14.2. The molecule has 110 valence electrons. The molecule has 0 bridgehead atoms. The molecule has 0 spiro atoms. The Bertz CT molecular complexity index is 762. The lowest BCUT2D eigenvalue weighted by Gasteiger charge is -2.25. The molecule has 0 radical (unpaired) electrons. The molecule has 4 rings (SSSR count). The zero-order valence-corrected chi connectivity index (χ0v) is 12.7. The van der Waals surface area contributed by atoms with Crippen molar-refractivity contribution in [3.05, 3.63) is 36.2 Å². The van der Waals surface area contributed by atoms with Crippen molar-refractivity contribution in [1.29, 1.82) is 0 Å². The van der Waals surface area contributed by atoms with Crippen LogP contribution in [-0.2, 0) is 6.54 Å². The fourth-order valence-electron chi connectivity index (χ4n) is 3.57. The number of nitrogens with one attached hydrogen (secondary N) is 1. The fourth-order valence-corrected chi connectivity index (χ4v) is 3.57. The molecular weight excluding hydrogens is 260 g/mol. The number of hydrogen-bond donors (Lipinski definition) is 1. The molecule has 1 N–H and O–H groups in total. The molecule has 3 heterocycles. The van der Waals surface area contributed by atoms with Crippen molar-refractivity contribution in [3.8, 4) is 0 Å². The summed E-state index contributed by atoms with van der Waals surface area (Å²) in [6, 6.07) is 8.67. The smallest absolute Gasteiger partial charge is 0.300 e. The van der Waals surface area contributed by atoms with E-state index in [2.05, 4.69) is 56.2 Å². The van der Waals surface area contributed by atoms with Crippen LogP contribution in [0.4, 0.5) is 0 Å². The molecule has 1 aliphatic rings. The van der Waals surface area contributed by atoms with E-state index in [1.807, 2.05) is 0 Å². The van der Waals surface area contributed by atoms with E-state index in [1.54, 1.807) is 0 Å². The topological polar surface area (TPSA) is 27.3 Å². The van der Waals surface area contributed by atoms with Gasteiger partial charge in [0.25, 0.3) is 0 Å². The molecule has 1 fully saturated rings. The predicted molar refractivity (Wildman–Crippen MR) is 84.5 cm³/mol. The summed E-state index contributed by atoms with van der Waals surface area (Å²) in [7, 11) is 0. The van der Waals surface area contributed by atoms with Crippen LogP contribution in [0.5, 0.6) is 0 Å². The summed E-state index contributed by atoms with van der Waals surface area (Å²) in [5.41, 5.74) is 3.82.